The average Bonchev–Trinajstić information content (AvgIpc) is 2.47. The summed E-state index contributed by atoms with van der Waals surface area (Å²) in [5, 5.41) is 9.48. The van der Waals surface area contributed by atoms with Crippen molar-refractivity contribution in [2.24, 2.45) is 0 Å². The van der Waals surface area contributed by atoms with Crippen LogP contribution >= 0.6 is 0 Å². The lowest BCUT2D eigenvalue weighted by atomic mass is 9.79. The Labute approximate surface area is 123 Å². The maximum absolute atomic E-state index is 12.1. The summed E-state index contributed by atoms with van der Waals surface area (Å²) >= 11 is 0. The summed E-state index contributed by atoms with van der Waals surface area (Å²) in [6.45, 7) is 1.29. The Morgan fingerprint density at radius 1 is 1.24 bits per heavy atom. The molecule has 0 fully saturated rings. The highest BCUT2D eigenvalue weighted by molar-refractivity contribution is 5.90. The number of methoxy groups -OCH3 is 1. The lowest BCUT2D eigenvalue weighted by molar-refractivity contribution is -0.149. The molecule has 0 radical (unpaired) electrons. The predicted molar refractivity (Wildman–Crippen MR) is 75.7 cm³/mol. The Kier molecular flexibility index (Phi) is 5.46. The molecule has 1 amide bonds. The van der Waals surface area contributed by atoms with Gasteiger partial charge in [0.15, 0.2) is 0 Å². The minimum Gasteiger partial charge on any atom is -0.481 e. The Bertz CT molecular complexity index is 528. The van der Waals surface area contributed by atoms with Gasteiger partial charge in [-0.05, 0) is 12.5 Å². The molecule has 0 saturated heterocycles. The van der Waals surface area contributed by atoms with E-state index in [2.05, 4.69) is 4.74 Å². The highest BCUT2D eigenvalue weighted by Crippen LogP contribution is 2.28. The summed E-state index contributed by atoms with van der Waals surface area (Å²) in [4.78, 5) is 36.1. The number of carboxylic acids is 1. The molecule has 0 aliphatic carbocycles. The third-order valence-electron chi connectivity index (χ3n) is 3.41. The second kappa shape index (κ2) is 6.88. The number of carboxylic acid groups (broad SMARTS) is 1. The van der Waals surface area contributed by atoms with E-state index in [1.54, 1.807) is 30.3 Å². The van der Waals surface area contributed by atoms with Gasteiger partial charge in [-0.15, -0.1) is 0 Å². The van der Waals surface area contributed by atoms with Gasteiger partial charge in [0.25, 0.3) is 0 Å². The van der Waals surface area contributed by atoms with Crippen molar-refractivity contribution in [1.82, 2.24) is 4.90 Å². The lowest BCUT2D eigenvalue weighted by Crippen LogP contribution is -2.41. The van der Waals surface area contributed by atoms with Gasteiger partial charge in [-0.2, -0.15) is 0 Å². The van der Waals surface area contributed by atoms with Crippen molar-refractivity contribution in [1.29, 1.82) is 0 Å². The van der Waals surface area contributed by atoms with Crippen LogP contribution in [-0.4, -0.2) is 48.6 Å². The Hall–Kier alpha value is -2.37. The van der Waals surface area contributed by atoms with E-state index in [0.717, 1.165) is 4.90 Å². The normalized spacial score (nSPS) is 13.1. The lowest BCUT2D eigenvalue weighted by Gasteiger charge is -2.27. The monoisotopic (exact) mass is 293 g/mol. The van der Waals surface area contributed by atoms with Gasteiger partial charge in [0.1, 0.15) is 6.54 Å². The van der Waals surface area contributed by atoms with Crippen molar-refractivity contribution in [2.75, 3.05) is 20.7 Å². The average molecular weight is 293 g/mol. The molecule has 21 heavy (non-hydrogen) atoms. The molecule has 1 unspecified atom stereocenters. The van der Waals surface area contributed by atoms with Gasteiger partial charge in [-0.3, -0.25) is 14.4 Å². The summed E-state index contributed by atoms with van der Waals surface area (Å²) < 4.78 is 4.48. The fraction of sp³-hybridized carbons (Fsp3) is 0.400. The van der Waals surface area contributed by atoms with Crippen LogP contribution in [0.15, 0.2) is 30.3 Å². The number of amides is 1. The molecule has 1 rings (SSSR count). The van der Waals surface area contributed by atoms with E-state index in [4.69, 9.17) is 0 Å². The smallest absolute Gasteiger partial charge is 0.325 e. The molecule has 6 nitrogen and oxygen atoms in total. The summed E-state index contributed by atoms with van der Waals surface area (Å²) in [5.41, 5.74) is -0.805. The van der Waals surface area contributed by atoms with Gasteiger partial charge >= 0.3 is 11.9 Å². The molecule has 1 N–H and O–H groups in total. The summed E-state index contributed by atoms with van der Waals surface area (Å²) in [6.07, 6.45) is -0.236. The van der Waals surface area contributed by atoms with Crippen LogP contribution in [0.5, 0.6) is 0 Å². The molecule has 1 atom stereocenters. The Balaban J connectivity index is 2.92. The van der Waals surface area contributed by atoms with Gasteiger partial charge in [0.05, 0.1) is 12.5 Å². The van der Waals surface area contributed by atoms with Crippen LogP contribution in [0.1, 0.15) is 18.9 Å². The molecule has 6 heteroatoms. The number of carbonyl (C=O) groups excluding carboxylic acids is 2. The number of aliphatic carboxylic acids is 1. The zero-order valence-corrected chi connectivity index (χ0v) is 12.3. The number of nitrogens with zero attached hydrogens (tertiary/aromatic N) is 1. The van der Waals surface area contributed by atoms with Crippen LogP contribution in [0, 0.1) is 0 Å². The zero-order valence-electron chi connectivity index (χ0n) is 12.3. The molecule has 0 saturated carbocycles. The molecule has 0 aliphatic rings. The Morgan fingerprint density at radius 2 is 1.81 bits per heavy atom. The first kappa shape index (κ1) is 16.7. The number of hydrogen-bond donors (Lipinski definition) is 1. The summed E-state index contributed by atoms with van der Waals surface area (Å²) in [5.74, 6) is -2.08. The highest BCUT2D eigenvalue weighted by atomic mass is 16.5. The third-order valence-corrected chi connectivity index (χ3v) is 3.41. The number of carbonyl (C=O) groups is 3. The summed E-state index contributed by atoms with van der Waals surface area (Å²) in [6, 6.07) is 8.55. The maximum atomic E-state index is 12.1. The number of hydrogen-bond acceptors (Lipinski definition) is 4. The topological polar surface area (TPSA) is 83.9 Å². The van der Waals surface area contributed by atoms with Crippen molar-refractivity contribution in [2.45, 2.75) is 18.8 Å². The van der Waals surface area contributed by atoms with E-state index in [-0.39, 0.29) is 13.0 Å². The van der Waals surface area contributed by atoms with Crippen molar-refractivity contribution in [3.05, 3.63) is 35.9 Å². The third kappa shape index (κ3) is 4.05. The second-order valence-electron chi connectivity index (χ2n) is 5.01. The van der Waals surface area contributed by atoms with E-state index in [9.17, 15) is 19.5 Å². The van der Waals surface area contributed by atoms with Crippen molar-refractivity contribution in [3.8, 4) is 0 Å². The van der Waals surface area contributed by atoms with Crippen molar-refractivity contribution < 1.29 is 24.2 Å². The van der Waals surface area contributed by atoms with E-state index in [1.807, 2.05) is 0 Å². The molecule has 0 aliphatic heterocycles. The molecule has 1 aromatic carbocycles. The van der Waals surface area contributed by atoms with Crippen LogP contribution < -0.4 is 0 Å². The minimum absolute atomic E-state index is 0.209. The van der Waals surface area contributed by atoms with Crippen molar-refractivity contribution >= 4 is 17.8 Å². The van der Waals surface area contributed by atoms with Crippen LogP contribution in [0.4, 0.5) is 0 Å². The number of rotatable bonds is 6. The van der Waals surface area contributed by atoms with E-state index >= 15 is 0 Å². The molecule has 0 heterocycles. The molecule has 114 valence electrons. The molecule has 0 aromatic heterocycles. The Morgan fingerprint density at radius 3 is 2.29 bits per heavy atom. The second-order valence-corrected chi connectivity index (χ2v) is 5.01. The van der Waals surface area contributed by atoms with Crippen molar-refractivity contribution in [3.63, 3.8) is 0 Å². The number of ether oxygens (including phenoxy) is 1. The molecular formula is C15H19NO5. The summed E-state index contributed by atoms with van der Waals surface area (Å²) in [7, 11) is 2.67. The van der Waals surface area contributed by atoms with E-state index in [1.165, 1.54) is 21.1 Å². The standard InChI is InChI=1S/C15H19NO5/c1-15(14(19)20,11-7-5-4-6-8-11)9-12(17)16(2)10-13(18)21-3/h4-8H,9-10H2,1-3H3,(H,19,20). The molecular weight excluding hydrogens is 274 g/mol. The fourth-order valence-corrected chi connectivity index (χ4v) is 1.89. The fourth-order valence-electron chi connectivity index (χ4n) is 1.89. The molecule has 0 spiro atoms. The predicted octanol–water partition coefficient (Wildman–Crippen LogP) is 1.05. The van der Waals surface area contributed by atoms with Gasteiger partial charge in [0.2, 0.25) is 5.91 Å². The molecule has 0 bridgehead atoms. The van der Waals surface area contributed by atoms with Gasteiger partial charge in [-0.1, -0.05) is 30.3 Å². The first-order valence-corrected chi connectivity index (χ1v) is 6.41. The zero-order chi connectivity index (χ0) is 16.0. The first-order chi connectivity index (χ1) is 9.81. The molecule has 1 aromatic rings. The first-order valence-electron chi connectivity index (χ1n) is 6.41. The SMILES string of the molecule is COC(=O)CN(C)C(=O)CC(C)(C(=O)O)c1ccccc1. The van der Waals surface area contributed by atoms with Gasteiger partial charge in [0, 0.05) is 13.5 Å². The largest absolute Gasteiger partial charge is 0.481 e. The van der Waals surface area contributed by atoms with Crippen LogP contribution in [-0.2, 0) is 24.5 Å². The number of likely N-dealkylation sites (N-methyl/N-ethyl adjacent to an activating group) is 1. The minimum atomic E-state index is -1.34. The maximum Gasteiger partial charge on any atom is 0.325 e. The highest BCUT2D eigenvalue weighted by Gasteiger charge is 2.38. The van der Waals surface area contributed by atoms with E-state index in [0.29, 0.717) is 5.56 Å². The van der Waals surface area contributed by atoms with Crippen LogP contribution in [0.3, 0.4) is 0 Å². The van der Waals surface area contributed by atoms with Gasteiger partial charge in [-0.25, -0.2) is 0 Å². The van der Waals surface area contributed by atoms with Gasteiger partial charge < -0.3 is 14.7 Å². The van der Waals surface area contributed by atoms with E-state index < -0.39 is 23.3 Å². The quantitative estimate of drug-likeness (QED) is 0.793. The number of benzene rings is 1. The van der Waals surface area contributed by atoms with Crippen LogP contribution in [0.25, 0.3) is 0 Å². The van der Waals surface area contributed by atoms with Crippen LogP contribution in [0.2, 0.25) is 0 Å². The number of esters is 1.